The van der Waals surface area contributed by atoms with Crippen molar-refractivity contribution in [3.05, 3.63) is 47.8 Å². The third-order valence-electron chi connectivity index (χ3n) is 4.64. The van der Waals surface area contributed by atoms with Gasteiger partial charge < -0.3 is 24.7 Å². The zero-order valence-electron chi connectivity index (χ0n) is 16.9. The summed E-state index contributed by atoms with van der Waals surface area (Å²) >= 11 is 0. The summed E-state index contributed by atoms with van der Waals surface area (Å²) in [5.74, 6) is 1.15. The number of rotatable bonds is 8. The van der Waals surface area contributed by atoms with E-state index in [1.807, 2.05) is 13.0 Å². The number of aromatic nitrogens is 2. The lowest BCUT2D eigenvalue weighted by Gasteiger charge is -2.14. The Morgan fingerprint density at radius 2 is 2.28 bits per heavy atom. The summed E-state index contributed by atoms with van der Waals surface area (Å²) in [4.78, 5) is 8.33. The molecule has 1 unspecified atom stereocenters. The van der Waals surface area contributed by atoms with Crippen molar-refractivity contribution in [1.29, 1.82) is 0 Å². The summed E-state index contributed by atoms with van der Waals surface area (Å²) in [6, 6.07) is 5.20. The standard InChI is InChI=1S/C20H28FN5O2.HI/c1-15-23-8-9-26(15)19-5-4-16(12-18(19)21)13-25-20(22-2)24-7-3-10-28-17-6-11-27-14-17;/h4-5,8-9,12,17H,3,6-7,10-11,13-14H2,1-2H3,(H2,22,24,25);1H. The van der Waals surface area contributed by atoms with Gasteiger partial charge in [-0.15, -0.1) is 24.0 Å². The number of ether oxygens (including phenoxy) is 2. The normalized spacial score (nSPS) is 16.5. The van der Waals surface area contributed by atoms with Crippen LogP contribution in [0.3, 0.4) is 0 Å². The number of halogens is 2. The van der Waals surface area contributed by atoms with Gasteiger partial charge in [0.15, 0.2) is 5.96 Å². The second-order valence-electron chi connectivity index (χ2n) is 6.69. The van der Waals surface area contributed by atoms with Crippen LogP contribution >= 0.6 is 24.0 Å². The number of nitrogens with zero attached hydrogens (tertiary/aromatic N) is 3. The fourth-order valence-electron chi connectivity index (χ4n) is 3.07. The van der Waals surface area contributed by atoms with Crippen LogP contribution in [0.5, 0.6) is 0 Å². The predicted molar refractivity (Wildman–Crippen MR) is 122 cm³/mol. The quantitative estimate of drug-likeness (QED) is 0.244. The van der Waals surface area contributed by atoms with Gasteiger partial charge in [0.2, 0.25) is 0 Å². The largest absolute Gasteiger partial charge is 0.379 e. The first-order chi connectivity index (χ1) is 13.7. The van der Waals surface area contributed by atoms with E-state index in [2.05, 4.69) is 20.6 Å². The monoisotopic (exact) mass is 517 g/mol. The van der Waals surface area contributed by atoms with Crippen LogP contribution in [0.2, 0.25) is 0 Å². The molecule has 2 aromatic rings. The highest BCUT2D eigenvalue weighted by Gasteiger charge is 2.15. The third-order valence-corrected chi connectivity index (χ3v) is 4.64. The Morgan fingerprint density at radius 1 is 1.41 bits per heavy atom. The van der Waals surface area contributed by atoms with Crippen LogP contribution in [0.15, 0.2) is 35.6 Å². The highest BCUT2D eigenvalue weighted by molar-refractivity contribution is 14.0. The van der Waals surface area contributed by atoms with E-state index in [1.54, 1.807) is 30.1 Å². The number of hydrogen-bond donors (Lipinski definition) is 2. The Labute approximate surface area is 188 Å². The third kappa shape index (κ3) is 6.93. The summed E-state index contributed by atoms with van der Waals surface area (Å²) in [6.07, 6.45) is 5.51. The minimum atomic E-state index is -0.281. The van der Waals surface area contributed by atoms with Crippen molar-refractivity contribution in [3.8, 4) is 5.69 Å². The summed E-state index contributed by atoms with van der Waals surface area (Å²) in [7, 11) is 1.72. The second-order valence-corrected chi connectivity index (χ2v) is 6.69. The van der Waals surface area contributed by atoms with E-state index in [0.29, 0.717) is 31.4 Å². The van der Waals surface area contributed by atoms with Crippen LogP contribution < -0.4 is 10.6 Å². The predicted octanol–water partition coefficient (Wildman–Crippen LogP) is 2.80. The highest BCUT2D eigenvalue weighted by Crippen LogP contribution is 2.16. The minimum Gasteiger partial charge on any atom is -0.379 e. The summed E-state index contributed by atoms with van der Waals surface area (Å²) in [5.41, 5.74) is 1.33. The minimum absolute atomic E-state index is 0. The average molecular weight is 517 g/mol. The van der Waals surface area contributed by atoms with Crippen LogP contribution in [-0.4, -0.2) is 55.0 Å². The molecular weight excluding hydrogens is 488 g/mol. The molecule has 3 rings (SSSR count). The van der Waals surface area contributed by atoms with Gasteiger partial charge in [0, 0.05) is 45.7 Å². The van der Waals surface area contributed by atoms with E-state index < -0.39 is 0 Å². The Bertz CT molecular complexity index is 793. The first kappa shape index (κ1) is 23.6. The maximum Gasteiger partial charge on any atom is 0.191 e. The van der Waals surface area contributed by atoms with Gasteiger partial charge in [0.25, 0.3) is 0 Å². The molecular formula is C20H29FIN5O2. The zero-order chi connectivity index (χ0) is 19.8. The van der Waals surface area contributed by atoms with Gasteiger partial charge in [-0.1, -0.05) is 6.07 Å². The van der Waals surface area contributed by atoms with Crippen molar-refractivity contribution in [3.63, 3.8) is 0 Å². The summed E-state index contributed by atoms with van der Waals surface area (Å²) in [6.45, 7) is 5.26. The van der Waals surface area contributed by atoms with Gasteiger partial charge in [-0.2, -0.15) is 0 Å². The molecule has 0 spiro atoms. The molecule has 0 aliphatic carbocycles. The molecule has 0 amide bonds. The lowest BCUT2D eigenvalue weighted by molar-refractivity contribution is 0.0420. The molecule has 0 saturated carbocycles. The highest BCUT2D eigenvalue weighted by atomic mass is 127. The average Bonchev–Trinajstić information content (AvgIpc) is 3.36. The number of benzene rings is 1. The molecule has 9 heteroatoms. The number of aryl methyl sites for hydroxylation is 1. The van der Waals surface area contributed by atoms with Crippen LogP contribution in [0.1, 0.15) is 24.2 Å². The first-order valence-corrected chi connectivity index (χ1v) is 9.60. The molecule has 0 radical (unpaired) electrons. The SMILES string of the molecule is CN=C(NCCCOC1CCOC1)NCc1ccc(-n2ccnc2C)c(F)c1.I. The van der Waals surface area contributed by atoms with Gasteiger partial charge in [-0.25, -0.2) is 9.37 Å². The zero-order valence-corrected chi connectivity index (χ0v) is 19.2. The molecule has 29 heavy (non-hydrogen) atoms. The molecule has 160 valence electrons. The lowest BCUT2D eigenvalue weighted by Crippen LogP contribution is -2.37. The summed E-state index contributed by atoms with van der Waals surface area (Å²) < 4.78 is 27.2. The number of nitrogens with one attached hydrogen (secondary N) is 2. The van der Waals surface area contributed by atoms with Gasteiger partial charge in [-0.05, 0) is 37.5 Å². The molecule has 1 fully saturated rings. The van der Waals surface area contributed by atoms with E-state index in [4.69, 9.17) is 9.47 Å². The van der Waals surface area contributed by atoms with E-state index >= 15 is 0 Å². The van der Waals surface area contributed by atoms with Gasteiger partial charge >= 0.3 is 0 Å². The maximum atomic E-state index is 14.5. The summed E-state index contributed by atoms with van der Waals surface area (Å²) in [5, 5.41) is 6.45. The number of guanidine groups is 1. The smallest absolute Gasteiger partial charge is 0.191 e. The van der Waals surface area contributed by atoms with Crippen molar-refractivity contribution in [2.24, 2.45) is 4.99 Å². The fourth-order valence-corrected chi connectivity index (χ4v) is 3.07. The first-order valence-electron chi connectivity index (χ1n) is 9.60. The topological polar surface area (TPSA) is 72.7 Å². The van der Waals surface area contributed by atoms with Gasteiger partial charge in [-0.3, -0.25) is 4.99 Å². The maximum absolute atomic E-state index is 14.5. The van der Waals surface area contributed by atoms with Gasteiger partial charge in [0.05, 0.1) is 18.4 Å². The number of aliphatic imine (C=N–C) groups is 1. The van der Waals surface area contributed by atoms with Crippen molar-refractivity contribution < 1.29 is 13.9 Å². The molecule has 0 bridgehead atoms. The van der Waals surface area contributed by atoms with Crippen LogP contribution in [0.25, 0.3) is 5.69 Å². The van der Waals surface area contributed by atoms with Crippen LogP contribution in [0.4, 0.5) is 4.39 Å². The molecule has 1 aliphatic rings. The molecule has 1 atom stereocenters. The van der Waals surface area contributed by atoms with E-state index in [1.165, 1.54) is 6.07 Å². The second kappa shape index (κ2) is 12.1. The Hall–Kier alpha value is -1.72. The van der Waals surface area contributed by atoms with Gasteiger partial charge in [0.1, 0.15) is 11.6 Å². The van der Waals surface area contributed by atoms with Crippen molar-refractivity contribution in [1.82, 2.24) is 20.2 Å². The fraction of sp³-hybridized carbons (Fsp3) is 0.500. The molecule has 1 aromatic heterocycles. The molecule has 1 aromatic carbocycles. The molecule has 2 N–H and O–H groups in total. The van der Waals surface area contributed by atoms with Crippen LogP contribution in [-0.2, 0) is 16.0 Å². The molecule has 2 heterocycles. The van der Waals surface area contributed by atoms with Crippen LogP contribution in [0, 0.1) is 12.7 Å². The molecule has 1 saturated heterocycles. The Kier molecular flexibility index (Phi) is 9.82. The van der Waals surface area contributed by atoms with E-state index in [9.17, 15) is 4.39 Å². The van der Waals surface area contributed by atoms with E-state index in [0.717, 1.165) is 37.4 Å². The van der Waals surface area contributed by atoms with E-state index in [-0.39, 0.29) is 35.9 Å². The van der Waals surface area contributed by atoms with Crippen molar-refractivity contribution in [2.75, 3.05) is 33.4 Å². The molecule has 1 aliphatic heterocycles. The number of hydrogen-bond acceptors (Lipinski definition) is 4. The Morgan fingerprint density at radius 3 is 2.93 bits per heavy atom. The Balaban J connectivity index is 0.00000300. The molecule has 7 nitrogen and oxygen atoms in total. The lowest BCUT2D eigenvalue weighted by atomic mass is 10.2. The van der Waals surface area contributed by atoms with Crippen molar-refractivity contribution in [2.45, 2.75) is 32.4 Å². The van der Waals surface area contributed by atoms with Crippen molar-refractivity contribution >= 4 is 29.9 Å². The number of imidazole rings is 1.